The van der Waals surface area contributed by atoms with Gasteiger partial charge >= 0.3 is 0 Å². The molecule has 0 saturated heterocycles. The van der Waals surface area contributed by atoms with Crippen LogP contribution in [0.3, 0.4) is 0 Å². The largest absolute Gasteiger partial charge is 0.425 e. The Morgan fingerprint density at radius 1 is 1.00 bits per heavy atom. The predicted molar refractivity (Wildman–Crippen MR) is 98.1 cm³/mol. The first kappa shape index (κ1) is 17.5. The van der Waals surface area contributed by atoms with Crippen molar-refractivity contribution in [2.75, 3.05) is 9.98 Å². The lowest BCUT2D eigenvalue weighted by Gasteiger charge is -2.46. The fourth-order valence-corrected chi connectivity index (χ4v) is 13.2. The molecular weight excluding hydrogens is 298 g/mol. The molecule has 1 rings (SSSR count). The third-order valence-electron chi connectivity index (χ3n) is 2.98. The van der Waals surface area contributed by atoms with E-state index in [0.29, 0.717) is 0 Å². The van der Waals surface area contributed by atoms with Crippen molar-refractivity contribution in [3.8, 4) is 0 Å². The highest BCUT2D eigenvalue weighted by Crippen LogP contribution is 2.29. The third-order valence-corrected chi connectivity index (χ3v) is 11.0. The van der Waals surface area contributed by atoms with Crippen LogP contribution in [0.4, 0.5) is 5.69 Å². The van der Waals surface area contributed by atoms with Crippen LogP contribution in [0.15, 0.2) is 24.3 Å². The van der Waals surface area contributed by atoms with Gasteiger partial charge in [0.1, 0.15) is 16.5 Å². The number of nitrogens with zero attached hydrogens (tertiary/aromatic N) is 1. The van der Waals surface area contributed by atoms with Crippen LogP contribution in [0.1, 0.15) is 17.3 Å². The molecule has 0 aliphatic rings. The number of thioether (sulfide) groups is 1. The maximum atomic E-state index is 11.9. The second-order valence-corrected chi connectivity index (χ2v) is 18.2. The number of anilines is 1. The molecule has 0 spiro atoms. The highest BCUT2D eigenvalue weighted by Gasteiger charge is 2.34. The van der Waals surface area contributed by atoms with Crippen molar-refractivity contribution in [1.82, 2.24) is 0 Å². The Kier molecular flexibility index (Phi) is 5.69. The van der Waals surface area contributed by atoms with Crippen molar-refractivity contribution >= 4 is 39.0 Å². The number of benzene rings is 1. The first-order chi connectivity index (χ1) is 9.07. The van der Waals surface area contributed by atoms with Crippen molar-refractivity contribution in [2.24, 2.45) is 0 Å². The van der Waals surface area contributed by atoms with Crippen molar-refractivity contribution in [3.05, 3.63) is 29.8 Å². The molecule has 0 radical (unpaired) electrons. The summed E-state index contributed by atoms with van der Waals surface area (Å²) < 4.78 is 2.67. The summed E-state index contributed by atoms with van der Waals surface area (Å²) in [6, 6.07) is 8.21. The van der Waals surface area contributed by atoms with Crippen molar-refractivity contribution < 1.29 is 4.79 Å². The van der Waals surface area contributed by atoms with Crippen molar-refractivity contribution in [3.63, 3.8) is 0 Å². The summed E-state index contributed by atoms with van der Waals surface area (Å²) in [6.45, 7) is 16.3. The van der Waals surface area contributed by atoms with E-state index in [2.05, 4.69) is 55.6 Å². The maximum Gasteiger partial charge on any atom is 0.219 e. The van der Waals surface area contributed by atoms with Gasteiger partial charge in [0.2, 0.25) is 5.12 Å². The van der Waals surface area contributed by atoms with Gasteiger partial charge in [-0.05, 0) is 30.0 Å². The molecule has 112 valence electrons. The standard InChI is InChI=1S/C15H27NOSSi2/c1-8-18-15(17)13-9-11-14(12-10-13)16(19(2,3)4)20(5,6)7/h9-12H,8H2,1-7H3. The minimum absolute atomic E-state index is 0.173. The van der Waals surface area contributed by atoms with Crippen LogP contribution in [-0.4, -0.2) is 27.3 Å². The Hall–Kier alpha value is -0.526. The zero-order valence-corrected chi connectivity index (χ0v) is 16.6. The number of carbonyl (C=O) groups excluding carboxylic acids is 1. The number of hydrogen-bond donors (Lipinski definition) is 0. The summed E-state index contributed by atoms with van der Waals surface area (Å²) in [4.78, 5) is 11.9. The number of rotatable bonds is 5. The normalized spacial score (nSPS) is 12.3. The summed E-state index contributed by atoms with van der Waals surface area (Å²) in [7, 11) is -2.84. The SMILES string of the molecule is CCSC(=O)c1ccc(N([Si](C)(C)C)[Si](C)(C)C)cc1. The second kappa shape index (κ2) is 6.49. The Balaban J connectivity index is 3.10. The second-order valence-electron chi connectivity index (χ2n) is 6.94. The fraction of sp³-hybridized carbons (Fsp3) is 0.533. The Morgan fingerprint density at radius 3 is 1.80 bits per heavy atom. The zero-order valence-electron chi connectivity index (χ0n) is 13.8. The monoisotopic (exact) mass is 325 g/mol. The van der Waals surface area contributed by atoms with Crippen LogP contribution in [0.5, 0.6) is 0 Å². The van der Waals surface area contributed by atoms with Crippen molar-refractivity contribution in [1.29, 1.82) is 0 Å². The highest BCUT2D eigenvalue weighted by atomic mass is 32.2. The summed E-state index contributed by atoms with van der Waals surface area (Å²) in [5.41, 5.74) is 2.09. The van der Waals surface area contributed by atoms with Gasteiger partial charge in [-0.3, -0.25) is 4.79 Å². The van der Waals surface area contributed by atoms with Gasteiger partial charge in [-0.15, -0.1) is 0 Å². The lowest BCUT2D eigenvalue weighted by atomic mass is 10.2. The molecule has 1 aromatic carbocycles. The van der Waals surface area contributed by atoms with E-state index in [0.717, 1.165) is 11.3 Å². The zero-order chi connectivity index (χ0) is 15.6. The first-order valence-corrected chi connectivity index (χ1v) is 15.0. The van der Waals surface area contributed by atoms with Crippen LogP contribution in [0.25, 0.3) is 0 Å². The molecule has 0 aliphatic carbocycles. The number of carbonyl (C=O) groups is 1. The summed E-state index contributed by atoms with van der Waals surface area (Å²) in [5, 5.41) is 0.173. The van der Waals surface area contributed by atoms with Crippen molar-refractivity contribution in [2.45, 2.75) is 46.2 Å². The Labute approximate surface area is 130 Å². The van der Waals surface area contributed by atoms with E-state index < -0.39 is 16.5 Å². The fourth-order valence-electron chi connectivity index (χ4n) is 2.74. The molecular formula is C15H27NOSSi2. The molecule has 0 heterocycles. The average molecular weight is 326 g/mol. The van der Waals surface area contributed by atoms with E-state index in [1.54, 1.807) is 0 Å². The molecule has 0 saturated carbocycles. The molecule has 0 amide bonds. The molecule has 1 aromatic rings. The van der Waals surface area contributed by atoms with Gasteiger partial charge in [-0.1, -0.05) is 58.0 Å². The van der Waals surface area contributed by atoms with Gasteiger partial charge in [-0.2, -0.15) is 0 Å². The van der Waals surface area contributed by atoms with Gasteiger partial charge < -0.3 is 4.23 Å². The maximum absolute atomic E-state index is 11.9. The van der Waals surface area contributed by atoms with Crippen LogP contribution in [-0.2, 0) is 0 Å². The molecule has 0 bridgehead atoms. The van der Waals surface area contributed by atoms with Gasteiger partial charge in [0.15, 0.2) is 0 Å². The highest BCUT2D eigenvalue weighted by molar-refractivity contribution is 8.14. The predicted octanol–water partition coefficient (Wildman–Crippen LogP) is 5.06. The van der Waals surface area contributed by atoms with E-state index >= 15 is 0 Å². The smallest absolute Gasteiger partial charge is 0.219 e. The topological polar surface area (TPSA) is 20.3 Å². The van der Waals surface area contributed by atoms with E-state index in [1.807, 2.05) is 19.1 Å². The lowest BCUT2D eigenvalue weighted by Crippen LogP contribution is -2.59. The van der Waals surface area contributed by atoms with E-state index in [9.17, 15) is 4.79 Å². The molecule has 20 heavy (non-hydrogen) atoms. The summed E-state index contributed by atoms with van der Waals surface area (Å²) >= 11 is 1.37. The van der Waals surface area contributed by atoms with Crippen LogP contribution in [0.2, 0.25) is 39.3 Å². The van der Waals surface area contributed by atoms with E-state index in [4.69, 9.17) is 0 Å². The molecule has 0 unspecified atom stereocenters. The van der Waals surface area contributed by atoms with Crippen LogP contribution < -0.4 is 4.23 Å². The van der Waals surface area contributed by atoms with Gasteiger partial charge in [-0.25, -0.2) is 0 Å². The first-order valence-electron chi connectivity index (χ1n) is 7.15. The third kappa shape index (κ3) is 4.50. The van der Waals surface area contributed by atoms with E-state index in [-0.39, 0.29) is 5.12 Å². The van der Waals surface area contributed by atoms with Gasteiger partial charge in [0, 0.05) is 11.3 Å². The quantitative estimate of drug-likeness (QED) is 0.706. The minimum atomic E-state index is -1.42. The summed E-state index contributed by atoms with van der Waals surface area (Å²) in [6.07, 6.45) is 0. The molecule has 0 fully saturated rings. The van der Waals surface area contributed by atoms with Crippen LogP contribution in [0, 0.1) is 0 Å². The van der Waals surface area contributed by atoms with Gasteiger partial charge in [0.05, 0.1) is 0 Å². The minimum Gasteiger partial charge on any atom is -0.425 e. The van der Waals surface area contributed by atoms with Gasteiger partial charge in [0.25, 0.3) is 0 Å². The number of hydrogen-bond acceptors (Lipinski definition) is 3. The molecule has 0 N–H and O–H groups in total. The summed E-state index contributed by atoms with van der Waals surface area (Å²) in [5.74, 6) is 0.830. The molecule has 2 nitrogen and oxygen atoms in total. The Bertz CT molecular complexity index is 446. The molecule has 5 heteroatoms. The molecule has 0 aromatic heterocycles. The average Bonchev–Trinajstić information content (AvgIpc) is 2.26. The van der Waals surface area contributed by atoms with E-state index in [1.165, 1.54) is 17.4 Å². The van der Waals surface area contributed by atoms with Crippen LogP contribution >= 0.6 is 11.8 Å². The molecule has 0 atom stereocenters. The molecule has 0 aliphatic heterocycles. The lowest BCUT2D eigenvalue weighted by molar-refractivity contribution is 0.108. The Morgan fingerprint density at radius 2 is 1.45 bits per heavy atom.